The number of hydrogen-bond acceptors (Lipinski definition) is 6. The normalized spacial score (nSPS) is 11.8. The minimum absolute atomic E-state index is 0.0535. The van der Waals surface area contributed by atoms with E-state index >= 15 is 0 Å². The first-order valence-corrected chi connectivity index (χ1v) is 9.12. The summed E-state index contributed by atoms with van der Waals surface area (Å²) in [5, 5.41) is 30.9. The summed E-state index contributed by atoms with van der Waals surface area (Å²) in [6, 6.07) is 8.48. The Hall–Kier alpha value is -2.11. The zero-order chi connectivity index (χ0) is 19.3. The van der Waals surface area contributed by atoms with E-state index in [4.69, 9.17) is 16.3 Å². The molecule has 138 valence electrons. The molecule has 0 fully saturated rings. The SMILES string of the molecule is CCOCCN(C)c1sc(C(=O)O)c(C(O)c2ccc(Cl)cc2)c1C#N. The van der Waals surface area contributed by atoms with E-state index in [0.717, 1.165) is 11.3 Å². The van der Waals surface area contributed by atoms with Crippen molar-refractivity contribution in [2.75, 3.05) is 31.7 Å². The molecule has 1 heterocycles. The summed E-state index contributed by atoms with van der Waals surface area (Å²) in [6.45, 7) is 3.41. The van der Waals surface area contributed by atoms with Crippen molar-refractivity contribution < 1.29 is 19.7 Å². The molecular weight excluding hydrogens is 376 g/mol. The smallest absolute Gasteiger partial charge is 0.346 e. The number of thiophene rings is 1. The number of benzene rings is 1. The number of rotatable bonds is 8. The van der Waals surface area contributed by atoms with Gasteiger partial charge in [-0.25, -0.2) is 4.79 Å². The van der Waals surface area contributed by atoms with Crippen molar-refractivity contribution in [3.8, 4) is 6.07 Å². The van der Waals surface area contributed by atoms with Crippen LogP contribution in [-0.4, -0.2) is 43.0 Å². The lowest BCUT2D eigenvalue weighted by molar-refractivity contribution is 0.0697. The molecule has 0 aliphatic carbocycles. The molecule has 0 amide bonds. The molecular formula is C18H19ClN2O4S. The summed E-state index contributed by atoms with van der Waals surface area (Å²) in [7, 11) is 1.76. The van der Waals surface area contributed by atoms with Crippen LogP contribution in [0.2, 0.25) is 5.02 Å². The van der Waals surface area contributed by atoms with Crippen LogP contribution in [0.5, 0.6) is 0 Å². The zero-order valence-electron chi connectivity index (χ0n) is 14.4. The first kappa shape index (κ1) is 20.2. The van der Waals surface area contributed by atoms with Gasteiger partial charge in [0.15, 0.2) is 0 Å². The van der Waals surface area contributed by atoms with Crippen LogP contribution in [0.25, 0.3) is 0 Å². The maximum atomic E-state index is 11.7. The van der Waals surface area contributed by atoms with Gasteiger partial charge in [-0.2, -0.15) is 5.26 Å². The Morgan fingerprint density at radius 1 is 1.42 bits per heavy atom. The van der Waals surface area contributed by atoms with Crippen molar-refractivity contribution in [2.45, 2.75) is 13.0 Å². The van der Waals surface area contributed by atoms with Crippen molar-refractivity contribution >= 4 is 33.9 Å². The summed E-state index contributed by atoms with van der Waals surface area (Å²) in [5.74, 6) is -1.18. The second-order valence-corrected chi connectivity index (χ2v) is 6.95. The van der Waals surface area contributed by atoms with Crippen molar-refractivity contribution in [3.05, 3.63) is 50.9 Å². The number of aliphatic hydroxyl groups is 1. The zero-order valence-corrected chi connectivity index (χ0v) is 16.0. The molecule has 2 N–H and O–H groups in total. The predicted molar refractivity (Wildman–Crippen MR) is 101 cm³/mol. The lowest BCUT2D eigenvalue weighted by atomic mass is 9.98. The second-order valence-electron chi connectivity index (χ2n) is 5.51. The summed E-state index contributed by atoms with van der Waals surface area (Å²) >= 11 is 6.84. The minimum atomic E-state index is -1.24. The Morgan fingerprint density at radius 3 is 2.62 bits per heavy atom. The Kier molecular flexibility index (Phi) is 7.00. The highest BCUT2D eigenvalue weighted by atomic mass is 35.5. The number of anilines is 1. The van der Waals surface area contributed by atoms with Crippen LogP contribution in [-0.2, 0) is 4.74 Å². The lowest BCUT2D eigenvalue weighted by Gasteiger charge is -2.18. The fourth-order valence-corrected chi connectivity index (χ4v) is 3.72. The molecule has 0 saturated carbocycles. The first-order valence-electron chi connectivity index (χ1n) is 7.93. The number of halogens is 1. The van der Waals surface area contributed by atoms with Gasteiger partial charge in [0.05, 0.1) is 12.2 Å². The van der Waals surface area contributed by atoms with Gasteiger partial charge in [-0.3, -0.25) is 0 Å². The molecule has 1 aromatic heterocycles. The van der Waals surface area contributed by atoms with Crippen LogP contribution in [0.3, 0.4) is 0 Å². The summed E-state index contributed by atoms with van der Waals surface area (Å²) < 4.78 is 5.31. The van der Waals surface area contributed by atoms with Gasteiger partial charge < -0.3 is 19.8 Å². The van der Waals surface area contributed by atoms with Gasteiger partial charge in [0.1, 0.15) is 22.1 Å². The fourth-order valence-electron chi connectivity index (χ4n) is 2.49. The Bertz CT molecular complexity index is 814. The summed E-state index contributed by atoms with van der Waals surface area (Å²) in [4.78, 5) is 13.4. The lowest BCUT2D eigenvalue weighted by Crippen LogP contribution is -2.22. The average molecular weight is 395 g/mol. The summed E-state index contributed by atoms with van der Waals surface area (Å²) in [6.07, 6.45) is -1.24. The Morgan fingerprint density at radius 2 is 2.08 bits per heavy atom. The van der Waals surface area contributed by atoms with Gasteiger partial charge >= 0.3 is 5.97 Å². The molecule has 0 aliphatic rings. The summed E-state index contributed by atoms with van der Waals surface area (Å²) in [5.41, 5.74) is 0.731. The van der Waals surface area contributed by atoms with Gasteiger partial charge in [-0.1, -0.05) is 23.7 Å². The number of ether oxygens (including phenoxy) is 1. The number of carbonyl (C=O) groups is 1. The molecule has 2 aromatic rings. The molecule has 0 radical (unpaired) electrons. The molecule has 1 atom stereocenters. The van der Waals surface area contributed by atoms with E-state index in [9.17, 15) is 20.3 Å². The number of likely N-dealkylation sites (N-methyl/N-ethyl adjacent to an activating group) is 1. The van der Waals surface area contributed by atoms with Crippen LogP contribution in [0.4, 0.5) is 5.00 Å². The fraction of sp³-hybridized carbons (Fsp3) is 0.333. The molecule has 26 heavy (non-hydrogen) atoms. The first-order chi connectivity index (χ1) is 12.4. The maximum absolute atomic E-state index is 11.7. The van der Waals surface area contributed by atoms with Gasteiger partial charge in [-0.05, 0) is 24.6 Å². The number of carboxylic acid groups (broad SMARTS) is 1. The van der Waals surface area contributed by atoms with Crippen molar-refractivity contribution in [1.82, 2.24) is 0 Å². The predicted octanol–water partition coefficient (Wildman–Crippen LogP) is 3.53. The molecule has 1 unspecified atom stereocenters. The number of carboxylic acids is 1. The van der Waals surface area contributed by atoms with Crippen LogP contribution in [0, 0.1) is 11.3 Å². The van der Waals surface area contributed by atoms with Crippen molar-refractivity contribution in [2.24, 2.45) is 0 Å². The van der Waals surface area contributed by atoms with E-state index in [-0.39, 0.29) is 16.0 Å². The van der Waals surface area contributed by atoms with Crippen molar-refractivity contribution in [3.63, 3.8) is 0 Å². The highest BCUT2D eigenvalue weighted by Crippen LogP contribution is 2.40. The van der Waals surface area contributed by atoms with Gasteiger partial charge in [0.2, 0.25) is 0 Å². The van der Waals surface area contributed by atoms with Gasteiger partial charge in [0, 0.05) is 30.8 Å². The number of nitriles is 1. The highest BCUT2D eigenvalue weighted by molar-refractivity contribution is 7.18. The number of nitrogens with zero attached hydrogens (tertiary/aromatic N) is 2. The topological polar surface area (TPSA) is 93.8 Å². The molecule has 2 rings (SSSR count). The van der Waals surface area contributed by atoms with E-state index in [1.54, 1.807) is 36.2 Å². The van der Waals surface area contributed by atoms with E-state index in [0.29, 0.717) is 35.3 Å². The minimum Gasteiger partial charge on any atom is -0.477 e. The van der Waals surface area contributed by atoms with Crippen LogP contribution >= 0.6 is 22.9 Å². The largest absolute Gasteiger partial charge is 0.477 e. The van der Waals surface area contributed by atoms with E-state index in [1.807, 2.05) is 6.92 Å². The Labute approximate surface area is 160 Å². The highest BCUT2D eigenvalue weighted by Gasteiger charge is 2.29. The van der Waals surface area contributed by atoms with E-state index in [2.05, 4.69) is 6.07 Å². The van der Waals surface area contributed by atoms with Crippen LogP contribution in [0.1, 0.15) is 39.4 Å². The van der Waals surface area contributed by atoms with Crippen LogP contribution < -0.4 is 4.90 Å². The Balaban J connectivity index is 2.48. The maximum Gasteiger partial charge on any atom is 0.346 e. The molecule has 0 bridgehead atoms. The van der Waals surface area contributed by atoms with E-state index < -0.39 is 12.1 Å². The molecule has 0 aliphatic heterocycles. The monoisotopic (exact) mass is 394 g/mol. The molecule has 0 saturated heterocycles. The number of aromatic carboxylic acids is 1. The molecule has 0 spiro atoms. The molecule has 6 nitrogen and oxygen atoms in total. The third-order valence-electron chi connectivity index (χ3n) is 3.81. The van der Waals surface area contributed by atoms with Gasteiger partial charge in [0.25, 0.3) is 0 Å². The van der Waals surface area contributed by atoms with E-state index in [1.165, 1.54) is 0 Å². The molecule has 1 aromatic carbocycles. The quantitative estimate of drug-likeness (QED) is 0.665. The molecule has 8 heteroatoms. The standard InChI is InChI=1S/C18H19ClN2O4S/c1-3-25-9-8-21(2)17-13(10-20)14(16(26-17)18(23)24)15(22)11-4-6-12(19)7-5-11/h4-7,15,22H,3,8-9H2,1-2H3,(H,23,24). The van der Waals surface area contributed by atoms with Crippen molar-refractivity contribution in [1.29, 1.82) is 5.26 Å². The van der Waals surface area contributed by atoms with Crippen LogP contribution in [0.15, 0.2) is 24.3 Å². The van der Waals surface area contributed by atoms with Gasteiger partial charge in [-0.15, -0.1) is 11.3 Å². The average Bonchev–Trinajstić information content (AvgIpc) is 3.01. The number of aliphatic hydroxyl groups excluding tert-OH is 1. The number of hydrogen-bond donors (Lipinski definition) is 2. The third kappa shape index (κ3) is 4.34. The third-order valence-corrected chi connectivity index (χ3v) is 5.37. The second kappa shape index (κ2) is 9.01.